The Bertz CT molecular complexity index is 1460. The highest BCUT2D eigenvalue weighted by Gasteiger charge is 2.31. The van der Waals surface area contributed by atoms with Gasteiger partial charge in [-0.15, -0.1) is 11.3 Å². The standard InChI is InChI=1S/C30H28FN3O3S/c1-20(35)34-14-13-22-11-12-25(16-26(22)29(34)23-9-6-10-24(31)15-23)37-18-28-32-27(19-38-28)30(36)33(2)17-21-7-4-3-5-8-21/h3-12,15-16,19,29H,13-14,17-18H2,1-2H3. The summed E-state index contributed by atoms with van der Waals surface area (Å²) in [6, 6.07) is 21.6. The Morgan fingerprint density at radius 2 is 1.92 bits per heavy atom. The summed E-state index contributed by atoms with van der Waals surface area (Å²) in [4.78, 5) is 33.2. The van der Waals surface area contributed by atoms with Crippen molar-refractivity contribution in [1.82, 2.24) is 14.8 Å². The number of nitrogens with zero attached hydrogens (tertiary/aromatic N) is 3. The molecule has 194 valence electrons. The van der Waals surface area contributed by atoms with Gasteiger partial charge in [0.15, 0.2) is 0 Å². The molecule has 0 radical (unpaired) electrons. The molecule has 0 aliphatic carbocycles. The Balaban J connectivity index is 1.30. The summed E-state index contributed by atoms with van der Waals surface area (Å²) < 4.78 is 20.1. The summed E-state index contributed by atoms with van der Waals surface area (Å²) >= 11 is 1.37. The normalized spacial score (nSPS) is 14.6. The minimum absolute atomic E-state index is 0.0616. The Morgan fingerprint density at radius 3 is 2.68 bits per heavy atom. The van der Waals surface area contributed by atoms with E-state index in [-0.39, 0.29) is 30.3 Å². The fourth-order valence-corrected chi connectivity index (χ4v) is 5.48. The van der Waals surface area contributed by atoms with Gasteiger partial charge in [-0.3, -0.25) is 9.59 Å². The van der Waals surface area contributed by atoms with E-state index in [1.165, 1.54) is 30.4 Å². The van der Waals surface area contributed by atoms with Crippen LogP contribution in [0.1, 0.15) is 50.7 Å². The van der Waals surface area contributed by atoms with Gasteiger partial charge in [0.2, 0.25) is 5.91 Å². The van der Waals surface area contributed by atoms with Gasteiger partial charge in [-0.1, -0.05) is 48.5 Å². The van der Waals surface area contributed by atoms with Gasteiger partial charge >= 0.3 is 0 Å². The van der Waals surface area contributed by atoms with Crippen molar-refractivity contribution in [1.29, 1.82) is 0 Å². The third-order valence-corrected chi connectivity index (χ3v) is 7.48. The molecule has 0 N–H and O–H groups in total. The van der Waals surface area contributed by atoms with Crippen LogP contribution in [0.5, 0.6) is 5.75 Å². The van der Waals surface area contributed by atoms with Crippen molar-refractivity contribution in [2.45, 2.75) is 32.5 Å². The van der Waals surface area contributed by atoms with Gasteiger partial charge in [-0.2, -0.15) is 0 Å². The number of hydrogen-bond donors (Lipinski definition) is 0. The summed E-state index contributed by atoms with van der Waals surface area (Å²) in [6.07, 6.45) is 0.718. The van der Waals surface area contributed by atoms with Crippen molar-refractivity contribution in [2.75, 3.05) is 13.6 Å². The zero-order chi connectivity index (χ0) is 26.6. The second-order valence-corrected chi connectivity index (χ2v) is 10.3. The third kappa shape index (κ3) is 5.60. The molecule has 4 aromatic rings. The average Bonchev–Trinajstić information content (AvgIpc) is 3.40. The number of halogens is 1. The monoisotopic (exact) mass is 529 g/mol. The van der Waals surface area contributed by atoms with Gasteiger partial charge < -0.3 is 14.5 Å². The van der Waals surface area contributed by atoms with Crippen LogP contribution in [0.25, 0.3) is 0 Å². The second kappa shape index (κ2) is 11.1. The molecule has 2 amide bonds. The van der Waals surface area contributed by atoms with Gasteiger partial charge in [-0.25, -0.2) is 9.37 Å². The Kier molecular flexibility index (Phi) is 7.51. The quantitative estimate of drug-likeness (QED) is 0.311. The van der Waals surface area contributed by atoms with Crippen LogP contribution in [0, 0.1) is 5.82 Å². The smallest absolute Gasteiger partial charge is 0.273 e. The van der Waals surface area contributed by atoms with Gasteiger partial charge in [0.1, 0.15) is 28.9 Å². The molecule has 1 unspecified atom stereocenters. The Labute approximate surface area is 225 Å². The van der Waals surface area contributed by atoms with Gasteiger partial charge in [-0.05, 0) is 52.9 Å². The van der Waals surface area contributed by atoms with Crippen LogP contribution in [-0.2, 0) is 24.4 Å². The fourth-order valence-electron chi connectivity index (χ4n) is 4.80. The maximum Gasteiger partial charge on any atom is 0.273 e. The summed E-state index contributed by atoms with van der Waals surface area (Å²) in [6.45, 7) is 2.82. The minimum Gasteiger partial charge on any atom is -0.486 e. The van der Waals surface area contributed by atoms with Crippen LogP contribution in [0.2, 0.25) is 0 Å². The summed E-state index contributed by atoms with van der Waals surface area (Å²) in [7, 11) is 1.76. The van der Waals surface area contributed by atoms with E-state index in [0.717, 1.165) is 28.7 Å². The zero-order valence-corrected chi connectivity index (χ0v) is 22.1. The molecule has 0 fully saturated rings. The van der Waals surface area contributed by atoms with E-state index >= 15 is 0 Å². The summed E-state index contributed by atoms with van der Waals surface area (Å²) in [5.41, 5.74) is 4.19. The van der Waals surface area contributed by atoms with E-state index in [0.29, 0.717) is 29.5 Å². The number of amides is 2. The molecule has 0 saturated heterocycles. The molecular weight excluding hydrogens is 501 g/mol. The molecular formula is C30H28FN3O3S. The van der Waals surface area contributed by atoms with E-state index in [2.05, 4.69) is 4.98 Å². The average molecular weight is 530 g/mol. The second-order valence-electron chi connectivity index (χ2n) is 9.34. The lowest BCUT2D eigenvalue weighted by Crippen LogP contribution is -2.39. The molecule has 0 saturated carbocycles. The van der Waals surface area contributed by atoms with Gasteiger partial charge in [0.25, 0.3) is 5.91 Å². The van der Waals surface area contributed by atoms with E-state index in [1.54, 1.807) is 28.3 Å². The maximum atomic E-state index is 14.1. The SMILES string of the molecule is CC(=O)N1CCc2ccc(OCc3nc(C(=O)N(C)Cc4ccccc4)cs3)cc2C1c1cccc(F)c1. The Morgan fingerprint density at radius 1 is 1.11 bits per heavy atom. The number of carbonyl (C=O) groups is 2. The van der Waals surface area contributed by atoms with Gasteiger partial charge in [0, 0.05) is 32.4 Å². The number of rotatable bonds is 7. The molecule has 0 bridgehead atoms. The first kappa shape index (κ1) is 25.6. The molecule has 1 aliphatic heterocycles. The number of hydrogen-bond acceptors (Lipinski definition) is 5. The lowest BCUT2D eigenvalue weighted by Gasteiger charge is -2.37. The van der Waals surface area contributed by atoms with Crippen LogP contribution >= 0.6 is 11.3 Å². The van der Waals surface area contributed by atoms with Gasteiger partial charge in [0.05, 0.1) is 6.04 Å². The minimum atomic E-state index is -0.389. The van der Waals surface area contributed by atoms with Crippen LogP contribution in [0.4, 0.5) is 4.39 Å². The van der Waals surface area contributed by atoms with Crippen molar-refractivity contribution in [3.8, 4) is 5.75 Å². The largest absolute Gasteiger partial charge is 0.486 e. The first-order valence-electron chi connectivity index (χ1n) is 12.4. The van der Waals surface area contributed by atoms with E-state index in [9.17, 15) is 14.0 Å². The predicted octanol–water partition coefficient (Wildman–Crippen LogP) is 5.63. The summed E-state index contributed by atoms with van der Waals surface area (Å²) in [5.74, 6) is 0.0785. The number of thiazole rings is 1. The van der Waals surface area contributed by atoms with E-state index < -0.39 is 0 Å². The first-order chi connectivity index (χ1) is 18.4. The number of carbonyl (C=O) groups excluding carboxylic acids is 2. The predicted molar refractivity (Wildman–Crippen MR) is 144 cm³/mol. The molecule has 1 atom stereocenters. The lowest BCUT2D eigenvalue weighted by molar-refractivity contribution is -0.130. The highest BCUT2D eigenvalue weighted by molar-refractivity contribution is 7.09. The summed E-state index contributed by atoms with van der Waals surface area (Å²) in [5, 5.41) is 2.44. The van der Waals surface area contributed by atoms with Crippen molar-refractivity contribution >= 4 is 23.2 Å². The molecule has 1 aromatic heterocycles. The third-order valence-electron chi connectivity index (χ3n) is 6.66. The molecule has 0 spiro atoms. The number of fused-ring (bicyclic) bond motifs is 1. The number of benzene rings is 3. The molecule has 5 rings (SSSR count). The highest BCUT2D eigenvalue weighted by atomic mass is 32.1. The van der Waals surface area contributed by atoms with Crippen LogP contribution in [0.15, 0.2) is 78.2 Å². The first-order valence-corrected chi connectivity index (χ1v) is 13.3. The highest BCUT2D eigenvalue weighted by Crippen LogP contribution is 2.37. The molecule has 6 nitrogen and oxygen atoms in total. The van der Waals surface area contributed by atoms with Crippen molar-refractivity contribution in [3.05, 3.63) is 117 Å². The number of aromatic nitrogens is 1. The fraction of sp³-hybridized carbons (Fsp3) is 0.233. The molecule has 1 aliphatic rings. The molecule has 38 heavy (non-hydrogen) atoms. The van der Waals surface area contributed by atoms with Crippen molar-refractivity contribution < 1.29 is 18.7 Å². The molecule has 3 aromatic carbocycles. The van der Waals surface area contributed by atoms with E-state index in [4.69, 9.17) is 4.74 Å². The maximum absolute atomic E-state index is 14.1. The van der Waals surface area contributed by atoms with Crippen LogP contribution in [-0.4, -0.2) is 40.2 Å². The lowest BCUT2D eigenvalue weighted by atomic mass is 9.88. The van der Waals surface area contributed by atoms with E-state index in [1.807, 2.05) is 54.6 Å². The van der Waals surface area contributed by atoms with Crippen LogP contribution < -0.4 is 4.74 Å². The molecule has 2 heterocycles. The molecule has 8 heteroatoms. The Hall–Kier alpha value is -4.04. The van der Waals surface area contributed by atoms with Crippen molar-refractivity contribution in [3.63, 3.8) is 0 Å². The van der Waals surface area contributed by atoms with Crippen molar-refractivity contribution in [2.24, 2.45) is 0 Å². The number of ether oxygens (including phenoxy) is 1. The zero-order valence-electron chi connectivity index (χ0n) is 21.3. The van der Waals surface area contributed by atoms with Crippen LogP contribution in [0.3, 0.4) is 0 Å². The topological polar surface area (TPSA) is 62.7 Å².